The summed E-state index contributed by atoms with van der Waals surface area (Å²) in [6.45, 7) is 0.665. The summed E-state index contributed by atoms with van der Waals surface area (Å²) in [6.07, 6.45) is -2.35. The predicted molar refractivity (Wildman–Crippen MR) is 33.6 cm³/mol. The van der Waals surface area contributed by atoms with Gasteiger partial charge in [0.15, 0.2) is 11.7 Å². The molecule has 11 heavy (non-hydrogen) atoms. The van der Waals surface area contributed by atoms with Crippen LogP contribution in [0.3, 0.4) is 0 Å². The quantitative estimate of drug-likeness (QED) is 0.389. The Morgan fingerprint density at radius 1 is 1.73 bits per heavy atom. The van der Waals surface area contributed by atoms with Crippen LogP contribution in [-0.2, 0) is 9.53 Å². The van der Waals surface area contributed by atoms with Gasteiger partial charge in [-0.25, -0.2) is 4.79 Å². The molecule has 0 aromatic carbocycles. The van der Waals surface area contributed by atoms with Gasteiger partial charge in [-0.05, 0) is 6.92 Å². The number of carbonyl (C=O) groups is 1. The number of hydrogen-bond acceptors (Lipinski definition) is 5. The van der Waals surface area contributed by atoms with Crippen LogP contribution in [0.1, 0.15) is 6.92 Å². The summed E-state index contributed by atoms with van der Waals surface area (Å²) in [4.78, 5) is 10.7. The maximum absolute atomic E-state index is 10.7. The minimum atomic E-state index is -1.88. The van der Waals surface area contributed by atoms with Crippen molar-refractivity contribution in [3.8, 4) is 0 Å². The number of aliphatic hydroxyl groups excluding tert-OH is 2. The molecule has 1 heterocycles. The highest BCUT2D eigenvalue weighted by atomic mass is 16.6. The molecular formula is C6H10O5. The smallest absolute Gasteiger partial charge is 0.341 e. The van der Waals surface area contributed by atoms with Crippen molar-refractivity contribution in [2.75, 3.05) is 6.61 Å². The largest absolute Gasteiger partial charge is 0.455 e. The van der Waals surface area contributed by atoms with Crippen LogP contribution in [0.2, 0.25) is 0 Å². The Bertz CT molecular complexity index is 176. The Morgan fingerprint density at radius 3 is 2.45 bits per heavy atom. The zero-order valence-corrected chi connectivity index (χ0v) is 6.02. The van der Waals surface area contributed by atoms with Gasteiger partial charge in [-0.15, -0.1) is 0 Å². The lowest BCUT2D eigenvalue weighted by Crippen LogP contribution is -2.43. The molecule has 0 aromatic heterocycles. The highest BCUT2D eigenvalue weighted by Gasteiger charge is 2.52. The van der Waals surface area contributed by atoms with E-state index in [1.54, 1.807) is 0 Å². The molecule has 1 aliphatic rings. The lowest BCUT2D eigenvalue weighted by atomic mass is 9.99. The average molecular weight is 162 g/mol. The van der Waals surface area contributed by atoms with Crippen LogP contribution in [0.5, 0.6) is 0 Å². The molecule has 1 aliphatic heterocycles. The van der Waals surface area contributed by atoms with Gasteiger partial charge in [0.25, 0.3) is 0 Å². The Kier molecular flexibility index (Phi) is 1.87. The molecule has 0 radical (unpaired) electrons. The first-order chi connectivity index (χ1) is 5.00. The normalized spacial score (nSPS) is 44.2. The second-order valence-corrected chi connectivity index (χ2v) is 2.72. The van der Waals surface area contributed by atoms with Crippen LogP contribution < -0.4 is 0 Å². The van der Waals surface area contributed by atoms with Crippen molar-refractivity contribution >= 4 is 5.97 Å². The molecular weight excluding hydrogens is 152 g/mol. The van der Waals surface area contributed by atoms with Crippen molar-refractivity contribution in [3.63, 3.8) is 0 Å². The third kappa shape index (κ3) is 1.11. The van der Waals surface area contributed by atoms with Gasteiger partial charge in [0, 0.05) is 0 Å². The zero-order chi connectivity index (χ0) is 8.65. The number of cyclic esters (lactones) is 1. The first-order valence-electron chi connectivity index (χ1n) is 3.22. The molecule has 3 atom stereocenters. The third-order valence-corrected chi connectivity index (χ3v) is 1.78. The fourth-order valence-electron chi connectivity index (χ4n) is 0.941. The number of rotatable bonds is 1. The molecule has 0 unspecified atom stereocenters. The molecule has 3 N–H and O–H groups in total. The molecule has 0 amide bonds. The van der Waals surface area contributed by atoms with Crippen LogP contribution in [0.15, 0.2) is 0 Å². The highest BCUT2D eigenvalue weighted by molar-refractivity contribution is 5.82. The second-order valence-electron chi connectivity index (χ2n) is 2.72. The fourth-order valence-corrected chi connectivity index (χ4v) is 0.941. The standard InChI is InChI=1S/C6H10O5/c1-6(10)4(8)3(2-7)11-5(6)9/h3-4,7-8,10H,2H2,1H3/t3-,4-,6-/m1/s1. The lowest BCUT2D eigenvalue weighted by molar-refractivity contribution is -0.155. The van der Waals surface area contributed by atoms with Gasteiger partial charge in [0.2, 0.25) is 0 Å². The van der Waals surface area contributed by atoms with Gasteiger partial charge in [0.1, 0.15) is 6.10 Å². The number of carbonyl (C=O) groups excluding carboxylic acids is 1. The number of esters is 1. The number of hydrogen-bond donors (Lipinski definition) is 3. The predicted octanol–water partition coefficient (Wildman–Crippen LogP) is -1.98. The Labute approximate surface area is 63.2 Å². The molecule has 0 aromatic rings. The summed E-state index contributed by atoms with van der Waals surface area (Å²) in [5.41, 5.74) is -1.88. The summed E-state index contributed by atoms with van der Waals surface area (Å²) >= 11 is 0. The van der Waals surface area contributed by atoms with Gasteiger partial charge in [-0.3, -0.25) is 0 Å². The van der Waals surface area contributed by atoms with E-state index in [9.17, 15) is 9.90 Å². The van der Waals surface area contributed by atoms with Crippen LogP contribution >= 0.6 is 0 Å². The van der Waals surface area contributed by atoms with Crippen molar-refractivity contribution in [2.45, 2.75) is 24.7 Å². The van der Waals surface area contributed by atoms with Crippen molar-refractivity contribution in [2.24, 2.45) is 0 Å². The van der Waals surface area contributed by atoms with E-state index in [4.69, 9.17) is 10.2 Å². The molecule has 0 aliphatic carbocycles. The SMILES string of the molecule is C[C@]1(O)C(=O)O[C@H](CO)[C@H]1O. The molecule has 1 saturated heterocycles. The van der Waals surface area contributed by atoms with E-state index < -0.39 is 30.4 Å². The van der Waals surface area contributed by atoms with Crippen LogP contribution in [-0.4, -0.2) is 45.7 Å². The molecule has 5 heteroatoms. The van der Waals surface area contributed by atoms with Gasteiger partial charge >= 0.3 is 5.97 Å². The molecule has 0 bridgehead atoms. The van der Waals surface area contributed by atoms with Crippen LogP contribution in [0.4, 0.5) is 0 Å². The van der Waals surface area contributed by atoms with E-state index in [-0.39, 0.29) is 0 Å². The highest BCUT2D eigenvalue weighted by Crippen LogP contribution is 2.25. The Morgan fingerprint density at radius 2 is 2.27 bits per heavy atom. The zero-order valence-electron chi connectivity index (χ0n) is 6.02. The topological polar surface area (TPSA) is 87.0 Å². The van der Waals surface area contributed by atoms with Gasteiger partial charge in [-0.1, -0.05) is 0 Å². The first kappa shape index (κ1) is 8.45. The monoisotopic (exact) mass is 162 g/mol. The summed E-state index contributed by atoms with van der Waals surface area (Å²) in [6, 6.07) is 0. The Balaban J connectivity index is 2.80. The van der Waals surface area contributed by atoms with Gasteiger partial charge < -0.3 is 20.1 Å². The molecule has 0 spiro atoms. The summed E-state index contributed by atoms with van der Waals surface area (Å²) in [5.74, 6) is -0.899. The summed E-state index contributed by atoms with van der Waals surface area (Å²) in [5, 5.41) is 26.9. The molecule has 1 fully saturated rings. The van der Waals surface area contributed by atoms with E-state index in [0.717, 1.165) is 6.92 Å². The second kappa shape index (κ2) is 2.44. The van der Waals surface area contributed by atoms with E-state index in [1.807, 2.05) is 0 Å². The van der Waals surface area contributed by atoms with E-state index in [0.29, 0.717) is 0 Å². The van der Waals surface area contributed by atoms with E-state index >= 15 is 0 Å². The van der Waals surface area contributed by atoms with Crippen molar-refractivity contribution < 1.29 is 24.9 Å². The molecule has 1 rings (SSSR count). The maximum Gasteiger partial charge on any atom is 0.341 e. The van der Waals surface area contributed by atoms with Crippen molar-refractivity contribution in [1.29, 1.82) is 0 Å². The molecule has 5 nitrogen and oxygen atoms in total. The first-order valence-corrected chi connectivity index (χ1v) is 3.22. The van der Waals surface area contributed by atoms with E-state index in [2.05, 4.69) is 4.74 Å². The number of ether oxygens (including phenoxy) is 1. The van der Waals surface area contributed by atoms with Crippen molar-refractivity contribution in [3.05, 3.63) is 0 Å². The van der Waals surface area contributed by atoms with E-state index in [1.165, 1.54) is 0 Å². The van der Waals surface area contributed by atoms with Gasteiger partial charge in [0.05, 0.1) is 6.61 Å². The summed E-state index contributed by atoms with van der Waals surface area (Å²) < 4.78 is 4.45. The maximum atomic E-state index is 10.7. The molecule has 64 valence electrons. The summed E-state index contributed by atoms with van der Waals surface area (Å²) in [7, 11) is 0. The fraction of sp³-hybridized carbons (Fsp3) is 0.833. The number of aliphatic hydroxyl groups is 3. The average Bonchev–Trinajstić information content (AvgIpc) is 2.14. The molecule has 0 saturated carbocycles. The minimum Gasteiger partial charge on any atom is -0.455 e. The van der Waals surface area contributed by atoms with Crippen molar-refractivity contribution in [1.82, 2.24) is 0 Å². The van der Waals surface area contributed by atoms with Gasteiger partial charge in [-0.2, -0.15) is 0 Å². The Hall–Kier alpha value is -0.650. The third-order valence-electron chi connectivity index (χ3n) is 1.78. The lowest BCUT2D eigenvalue weighted by Gasteiger charge is -2.16. The van der Waals surface area contributed by atoms with Crippen LogP contribution in [0, 0.1) is 0 Å². The minimum absolute atomic E-state index is 0.483. The van der Waals surface area contributed by atoms with Crippen LogP contribution in [0.25, 0.3) is 0 Å².